The van der Waals surface area contributed by atoms with Crippen molar-refractivity contribution in [2.24, 2.45) is 0 Å². The molecular weight excluding hydrogens is 112 g/mol. The number of allylic oxidation sites excluding steroid dienone is 4. The van der Waals surface area contributed by atoms with E-state index in [9.17, 15) is 4.79 Å². The third kappa shape index (κ3) is 4.75. The number of aldehydes is 1. The van der Waals surface area contributed by atoms with Crippen molar-refractivity contribution in [3.05, 3.63) is 37.0 Å². The monoisotopic (exact) mass is 122 g/mol. The van der Waals surface area contributed by atoms with Gasteiger partial charge >= 0.3 is 0 Å². The summed E-state index contributed by atoms with van der Waals surface area (Å²) in [6.45, 7) is 7.09. The maximum atomic E-state index is 9.86. The number of rotatable bonds is 4. The standard InChI is InChI=1S/C8H10O/c1-3-4-5-8(2)6-7-9/h3-5,7H,1-2,6H2/b5-4-. The van der Waals surface area contributed by atoms with Gasteiger partial charge in [-0.3, -0.25) is 0 Å². The largest absolute Gasteiger partial charge is 0.303 e. The first-order valence-electron chi connectivity index (χ1n) is 2.71. The van der Waals surface area contributed by atoms with E-state index < -0.39 is 0 Å². The Bertz CT molecular complexity index is 143. The lowest BCUT2D eigenvalue weighted by Crippen LogP contribution is -1.74. The average Bonchev–Trinajstić information content (AvgIpc) is 1.85. The summed E-state index contributed by atoms with van der Waals surface area (Å²) in [6.07, 6.45) is 6.41. The summed E-state index contributed by atoms with van der Waals surface area (Å²) in [7, 11) is 0. The van der Waals surface area contributed by atoms with Gasteiger partial charge in [0, 0.05) is 6.42 Å². The predicted molar refractivity (Wildman–Crippen MR) is 39.2 cm³/mol. The molecule has 0 aromatic rings. The van der Waals surface area contributed by atoms with Gasteiger partial charge in [-0.2, -0.15) is 0 Å². The molecule has 0 bridgehead atoms. The fraction of sp³-hybridized carbons (Fsp3) is 0.125. The Kier molecular flexibility index (Phi) is 4.41. The Morgan fingerprint density at radius 3 is 2.67 bits per heavy atom. The molecule has 0 atom stereocenters. The summed E-state index contributed by atoms with van der Waals surface area (Å²) in [5.74, 6) is 0. The van der Waals surface area contributed by atoms with Crippen LogP contribution < -0.4 is 0 Å². The molecule has 48 valence electrons. The molecule has 0 aromatic heterocycles. The van der Waals surface area contributed by atoms with Gasteiger partial charge in [0.25, 0.3) is 0 Å². The molecular formula is C8H10O. The second-order valence-corrected chi connectivity index (χ2v) is 1.62. The van der Waals surface area contributed by atoms with Crippen molar-refractivity contribution in [2.75, 3.05) is 0 Å². The molecule has 0 aromatic carbocycles. The minimum absolute atomic E-state index is 0.407. The van der Waals surface area contributed by atoms with Crippen LogP contribution in [-0.4, -0.2) is 6.29 Å². The molecule has 0 aliphatic rings. The summed E-state index contributed by atoms with van der Waals surface area (Å²) in [5, 5.41) is 0. The van der Waals surface area contributed by atoms with Crippen LogP contribution in [0.1, 0.15) is 6.42 Å². The highest BCUT2D eigenvalue weighted by Crippen LogP contribution is 1.95. The molecule has 0 N–H and O–H groups in total. The van der Waals surface area contributed by atoms with Crippen LogP contribution in [0.2, 0.25) is 0 Å². The molecule has 9 heavy (non-hydrogen) atoms. The van der Waals surface area contributed by atoms with Gasteiger partial charge in [0.1, 0.15) is 6.29 Å². The van der Waals surface area contributed by atoms with Crippen molar-refractivity contribution >= 4 is 6.29 Å². The third-order valence-electron chi connectivity index (χ3n) is 0.814. The first kappa shape index (κ1) is 7.89. The van der Waals surface area contributed by atoms with E-state index >= 15 is 0 Å². The minimum Gasteiger partial charge on any atom is -0.303 e. The molecule has 0 aliphatic carbocycles. The van der Waals surface area contributed by atoms with E-state index in [-0.39, 0.29) is 0 Å². The highest BCUT2D eigenvalue weighted by molar-refractivity contribution is 5.55. The molecule has 1 heteroatoms. The number of hydrogen-bond acceptors (Lipinski definition) is 1. The predicted octanol–water partition coefficient (Wildman–Crippen LogP) is 1.87. The molecule has 0 amide bonds. The lowest BCUT2D eigenvalue weighted by Gasteiger charge is -1.85. The van der Waals surface area contributed by atoms with Gasteiger partial charge in [0.05, 0.1) is 0 Å². The van der Waals surface area contributed by atoms with Gasteiger partial charge in [-0.1, -0.05) is 31.4 Å². The van der Waals surface area contributed by atoms with E-state index in [0.717, 1.165) is 11.9 Å². The van der Waals surface area contributed by atoms with E-state index in [2.05, 4.69) is 13.2 Å². The van der Waals surface area contributed by atoms with Crippen LogP contribution in [0.25, 0.3) is 0 Å². The van der Waals surface area contributed by atoms with Crippen LogP contribution in [0.4, 0.5) is 0 Å². The summed E-state index contributed by atoms with van der Waals surface area (Å²) in [5.41, 5.74) is 0.810. The van der Waals surface area contributed by atoms with Crippen molar-refractivity contribution in [3.8, 4) is 0 Å². The van der Waals surface area contributed by atoms with E-state index in [4.69, 9.17) is 0 Å². The first-order chi connectivity index (χ1) is 4.31. The minimum atomic E-state index is 0.407. The van der Waals surface area contributed by atoms with Crippen LogP contribution in [-0.2, 0) is 4.79 Å². The van der Waals surface area contributed by atoms with Crippen molar-refractivity contribution < 1.29 is 4.79 Å². The van der Waals surface area contributed by atoms with Crippen molar-refractivity contribution in [1.82, 2.24) is 0 Å². The zero-order valence-corrected chi connectivity index (χ0v) is 5.34. The van der Waals surface area contributed by atoms with E-state index in [1.54, 1.807) is 18.2 Å². The van der Waals surface area contributed by atoms with Gasteiger partial charge in [0.15, 0.2) is 0 Å². The van der Waals surface area contributed by atoms with Crippen molar-refractivity contribution in [1.29, 1.82) is 0 Å². The highest BCUT2D eigenvalue weighted by Gasteiger charge is 1.81. The summed E-state index contributed by atoms with van der Waals surface area (Å²) < 4.78 is 0. The van der Waals surface area contributed by atoms with Gasteiger partial charge in [-0.05, 0) is 5.57 Å². The molecule has 0 saturated carbocycles. The second-order valence-electron chi connectivity index (χ2n) is 1.62. The molecule has 0 unspecified atom stereocenters. The fourth-order valence-electron chi connectivity index (χ4n) is 0.379. The average molecular weight is 122 g/mol. The number of hydrogen-bond donors (Lipinski definition) is 0. The molecule has 0 saturated heterocycles. The van der Waals surface area contributed by atoms with E-state index in [1.165, 1.54) is 0 Å². The molecule has 0 spiro atoms. The van der Waals surface area contributed by atoms with Crippen molar-refractivity contribution in [3.63, 3.8) is 0 Å². The van der Waals surface area contributed by atoms with Gasteiger partial charge in [-0.15, -0.1) is 0 Å². The Morgan fingerprint density at radius 2 is 2.22 bits per heavy atom. The fourth-order valence-corrected chi connectivity index (χ4v) is 0.379. The van der Waals surface area contributed by atoms with Gasteiger partial charge in [0.2, 0.25) is 0 Å². The van der Waals surface area contributed by atoms with Crippen LogP contribution in [0, 0.1) is 0 Å². The van der Waals surface area contributed by atoms with Gasteiger partial charge in [-0.25, -0.2) is 0 Å². The molecule has 1 nitrogen and oxygen atoms in total. The van der Waals surface area contributed by atoms with Crippen molar-refractivity contribution in [2.45, 2.75) is 6.42 Å². The maximum Gasteiger partial charge on any atom is 0.124 e. The van der Waals surface area contributed by atoms with Gasteiger partial charge < -0.3 is 4.79 Å². The molecule has 0 fully saturated rings. The summed E-state index contributed by atoms with van der Waals surface area (Å²) >= 11 is 0. The van der Waals surface area contributed by atoms with E-state index in [0.29, 0.717) is 6.42 Å². The number of carbonyl (C=O) groups excluding carboxylic acids is 1. The Hall–Kier alpha value is -1.11. The quantitative estimate of drug-likeness (QED) is 0.411. The van der Waals surface area contributed by atoms with Crippen LogP contribution in [0.3, 0.4) is 0 Å². The SMILES string of the molecule is C=C/C=C\C(=C)CC=O. The summed E-state index contributed by atoms with van der Waals surface area (Å²) in [4.78, 5) is 9.86. The Labute approximate surface area is 55.4 Å². The first-order valence-corrected chi connectivity index (χ1v) is 2.71. The van der Waals surface area contributed by atoms with Crippen LogP contribution >= 0.6 is 0 Å². The van der Waals surface area contributed by atoms with Crippen LogP contribution in [0.15, 0.2) is 37.0 Å². The molecule has 0 rings (SSSR count). The van der Waals surface area contributed by atoms with E-state index in [1.807, 2.05) is 0 Å². The lowest BCUT2D eigenvalue weighted by molar-refractivity contribution is -0.107. The lowest BCUT2D eigenvalue weighted by atomic mass is 10.2. The number of carbonyl (C=O) groups is 1. The zero-order chi connectivity index (χ0) is 7.11. The summed E-state index contributed by atoms with van der Waals surface area (Å²) in [6, 6.07) is 0. The Balaban J connectivity index is 3.61. The molecule has 0 aliphatic heterocycles. The maximum absolute atomic E-state index is 9.86. The normalized spacial score (nSPS) is 9.33. The zero-order valence-electron chi connectivity index (χ0n) is 5.34. The highest BCUT2D eigenvalue weighted by atomic mass is 16.1. The third-order valence-corrected chi connectivity index (χ3v) is 0.814. The van der Waals surface area contributed by atoms with Crippen LogP contribution in [0.5, 0.6) is 0 Å². The molecule has 0 heterocycles. The smallest absolute Gasteiger partial charge is 0.124 e. The second kappa shape index (κ2) is 5.04. The Morgan fingerprint density at radius 1 is 1.56 bits per heavy atom. The molecule has 0 radical (unpaired) electrons. The topological polar surface area (TPSA) is 17.1 Å².